The van der Waals surface area contributed by atoms with Gasteiger partial charge >= 0.3 is 0 Å². The van der Waals surface area contributed by atoms with Crippen molar-refractivity contribution in [1.82, 2.24) is 10.2 Å². The van der Waals surface area contributed by atoms with Crippen LogP contribution >= 0.6 is 0 Å². The summed E-state index contributed by atoms with van der Waals surface area (Å²) >= 11 is 0. The highest BCUT2D eigenvalue weighted by atomic mass is 16.3. The normalized spacial score (nSPS) is 19.2. The third-order valence-electron chi connectivity index (χ3n) is 2.81. The Hall–Kier alpha value is -1.18. The standard InChI is InChI=1S/C10H20N4O3/c11-8(15)5-14(6-9(12)16)7-10(17)1-3-13-4-2-10/h13,17H,1-7H2,(H2,11,15)(H2,12,16). The SMILES string of the molecule is NC(=O)CN(CC(N)=O)CC1(O)CCNCC1. The summed E-state index contributed by atoms with van der Waals surface area (Å²) in [5, 5.41) is 13.4. The fourth-order valence-electron chi connectivity index (χ4n) is 2.07. The number of nitrogens with one attached hydrogen (secondary N) is 1. The van der Waals surface area contributed by atoms with Crippen LogP contribution in [0, 0.1) is 0 Å². The zero-order chi connectivity index (χ0) is 12.9. The maximum Gasteiger partial charge on any atom is 0.231 e. The molecule has 0 bridgehead atoms. The van der Waals surface area contributed by atoms with Gasteiger partial charge in [0.2, 0.25) is 11.8 Å². The van der Waals surface area contributed by atoms with Crippen LogP contribution in [0.1, 0.15) is 12.8 Å². The molecule has 1 aliphatic rings. The first-order valence-corrected chi connectivity index (χ1v) is 5.63. The molecule has 98 valence electrons. The Morgan fingerprint density at radius 3 is 2.06 bits per heavy atom. The Morgan fingerprint density at radius 1 is 1.18 bits per heavy atom. The minimum absolute atomic E-state index is 0.0708. The predicted molar refractivity (Wildman–Crippen MR) is 61.9 cm³/mol. The van der Waals surface area contributed by atoms with Crippen LogP contribution in [0.2, 0.25) is 0 Å². The van der Waals surface area contributed by atoms with Crippen molar-refractivity contribution >= 4 is 11.8 Å². The molecule has 0 unspecified atom stereocenters. The lowest BCUT2D eigenvalue weighted by molar-refractivity contribution is -0.123. The van der Waals surface area contributed by atoms with E-state index in [1.54, 1.807) is 0 Å². The molecule has 1 rings (SSSR count). The highest BCUT2D eigenvalue weighted by Crippen LogP contribution is 2.19. The van der Waals surface area contributed by atoms with E-state index in [4.69, 9.17) is 11.5 Å². The van der Waals surface area contributed by atoms with Crippen LogP contribution in [0.4, 0.5) is 0 Å². The number of carbonyl (C=O) groups is 2. The molecule has 6 N–H and O–H groups in total. The minimum Gasteiger partial charge on any atom is -0.388 e. The molecule has 0 atom stereocenters. The highest BCUT2D eigenvalue weighted by Gasteiger charge is 2.32. The molecule has 0 aromatic rings. The van der Waals surface area contributed by atoms with E-state index in [9.17, 15) is 14.7 Å². The lowest BCUT2D eigenvalue weighted by atomic mass is 9.92. The number of amides is 2. The third-order valence-corrected chi connectivity index (χ3v) is 2.81. The average molecular weight is 244 g/mol. The second-order valence-electron chi connectivity index (χ2n) is 4.55. The van der Waals surface area contributed by atoms with Crippen molar-refractivity contribution in [3.05, 3.63) is 0 Å². The van der Waals surface area contributed by atoms with Gasteiger partial charge in [0, 0.05) is 6.54 Å². The monoisotopic (exact) mass is 244 g/mol. The number of nitrogens with two attached hydrogens (primary N) is 2. The highest BCUT2D eigenvalue weighted by molar-refractivity contribution is 5.79. The van der Waals surface area contributed by atoms with Gasteiger partial charge in [-0.2, -0.15) is 0 Å². The first kappa shape index (κ1) is 13.9. The van der Waals surface area contributed by atoms with E-state index in [-0.39, 0.29) is 19.6 Å². The average Bonchev–Trinajstić information content (AvgIpc) is 2.15. The molecule has 0 aliphatic carbocycles. The Kier molecular flexibility index (Phi) is 4.86. The number of aliphatic hydroxyl groups is 1. The molecule has 7 heteroatoms. The van der Waals surface area contributed by atoms with E-state index >= 15 is 0 Å². The van der Waals surface area contributed by atoms with Gasteiger partial charge in [0.25, 0.3) is 0 Å². The first-order chi connectivity index (χ1) is 7.91. The van der Waals surface area contributed by atoms with E-state index < -0.39 is 17.4 Å². The van der Waals surface area contributed by atoms with Crippen LogP contribution in [-0.4, -0.2) is 60.1 Å². The lowest BCUT2D eigenvalue weighted by Crippen LogP contribution is -2.52. The Bertz CT molecular complexity index is 273. The minimum atomic E-state index is -0.879. The van der Waals surface area contributed by atoms with E-state index in [1.165, 1.54) is 4.90 Å². The molecule has 17 heavy (non-hydrogen) atoms. The number of nitrogens with zero attached hydrogens (tertiary/aromatic N) is 1. The van der Waals surface area contributed by atoms with Gasteiger partial charge in [-0.3, -0.25) is 14.5 Å². The summed E-state index contributed by atoms with van der Waals surface area (Å²) in [6.45, 7) is 1.53. The summed E-state index contributed by atoms with van der Waals surface area (Å²) in [6, 6.07) is 0. The number of rotatable bonds is 6. The molecule has 0 aromatic carbocycles. The lowest BCUT2D eigenvalue weighted by Gasteiger charge is -2.36. The van der Waals surface area contributed by atoms with Gasteiger partial charge < -0.3 is 21.9 Å². The molecule has 0 saturated carbocycles. The second-order valence-corrected chi connectivity index (χ2v) is 4.55. The van der Waals surface area contributed by atoms with E-state index in [1.807, 2.05) is 0 Å². The van der Waals surface area contributed by atoms with Crippen LogP contribution in [0.15, 0.2) is 0 Å². The molecular formula is C10H20N4O3. The van der Waals surface area contributed by atoms with Crippen molar-refractivity contribution in [3.8, 4) is 0 Å². The maximum absolute atomic E-state index is 10.9. The van der Waals surface area contributed by atoms with Gasteiger partial charge in [-0.15, -0.1) is 0 Å². The Labute approximate surface area is 100 Å². The van der Waals surface area contributed by atoms with Gasteiger partial charge in [0.05, 0.1) is 18.7 Å². The van der Waals surface area contributed by atoms with Crippen molar-refractivity contribution in [2.45, 2.75) is 18.4 Å². The molecule has 1 heterocycles. The fraction of sp³-hybridized carbons (Fsp3) is 0.800. The van der Waals surface area contributed by atoms with Crippen LogP contribution in [0.3, 0.4) is 0 Å². The summed E-state index contributed by atoms with van der Waals surface area (Å²) in [5.41, 5.74) is 9.30. The molecule has 2 amide bonds. The van der Waals surface area contributed by atoms with E-state index in [2.05, 4.69) is 5.32 Å². The van der Waals surface area contributed by atoms with Crippen molar-refractivity contribution < 1.29 is 14.7 Å². The molecule has 1 saturated heterocycles. The summed E-state index contributed by atoms with van der Waals surface area (Å²) in [5.74, 6) is -1.08. The number of carbonyl (C=O) groups excluding carboxylic acids is 2. The zero-order valence-corrected chi connectivity index (χ0v) is 9.82. The van der Waals surface area contributed by atoms with Crippen molar-refractivity contribution in [3.63, 3.8) is 0 Å². The van der Waals surface area contributed by atoms with Crippen molar-refractivity contribution in [2.75, 3.05) is 32.7 Å². The number of primary amides is 2. The largest absolute Gasteiger partial charge is 0.388 e. The smallest absolute Gasteiger partial charge is 0.231 e. The van der Waals surface area contributed by atoms with Gasteiger partial charge in [-0.1, -0.05) is 0 Å². The molecule has 0 aromatic heterocycles. The first-order valence-electron chi connectivity index (χ1n) is 5.63. The van der Waals surface area contributed by atoms with Crippen LogP contribution in [-0.2, 0) is 9.59 Å². The zero-order valence-electron chi connectivity index (χ0n) is 9.82. The molecule has 7 nitrogen and oxygen atoms in total. The quantitative estimate of drug-likeness (QED) is 0.407. The molecule has 0 radical (unpaired) electrons. The fourth-order valence-corrected chi connectivity index (χ4v) is 2.07. The third kappa shape index (κ3) is 5.12. The van der Waals surface area contributed by atoms with Gasteiger partial charge in [0.1, 0.15) is 0 Å². The predicted octanol–water partition coefficient (Wildman–Crippen LogP) is -2.63. The number of hydrogen-bond donors (Lipinski definition) is 4. The summed E-state index contributed by atoms with van der Waals surface area (Å²) in [4.78, 5) is 23.2. The van der Waals surface area contributed by atoms with E-state index in [0.717, 1.165) is 13.1 Å². The molecule has 0 spiro atoms. The summed E-state index contributed by atoms with van der Waals surface area (Å²) in [6.07, 6.45) is 1.17. The van der Waals surface area contributed by atoms with Crippen LogP contribution < -0.4 is 16.8 Å². The summed E-state index contributed by atoms with van der Waals surface area (Å²) in [7, 11) is 0. The summed E-state index contributed by atoms with van der Waals surface area (Å²) < 4.78 is 0. The van der Waals surface area contributed by atoms with E-state index in [0.29, 0.717) is 12.8 Å². The molecule has 1 aliphatic heterocycles. The van der Waals surface area contributed by atoms with Crippen molar-refractivity contribution in [2.24, 2.45) is 11.5 Å². The van der Waals surface area contributed by atoms with Gasteiger partial charge in [-0.25, -0.2) is 0 Å². The Morgan fingerprint density at radius 2 is 1.65 bits per heavy atom. The maximum atomic E-state index is 10.9. The van der Waals surface area contributed by atoms with Crippen LogP contribution in [0.25, 0.3) is 0 Å². The van der Waals surface area contributed by atoms with Gasteiger partial charge in [-0.05, 0) is 25.9 Å². The molecular weight excluding hydrogens is 224 g/mol. The van der Waals surface area contributed by atoms with Gasteiger partial charge in [0.15, 0.2) is 0 Å². The van der Waals surface area contributed by atoms with Crippen LogP contribution in [0.5, 0.6) is 0 Å². The molecule has 1 fully saturated rings. The topological polar surface area (TPSA) is 122 Å². The van der Waals surface area contributed by atoms with Crippen molar-refractivity contribution in [1.29, 1.82) is 0 Å². The second kappa shape index (κ2) is 5.95. The number of hydrogen-bond acceptors (Lipinski definition) is 5. The number of piperidine rings is 1. The Balaban J connectivity index is 2.56.